The Hall–Kier alpha value is -3.00. The van der Waals surface area contributed by atoms with Crippen LogP contribution in [0.15, 0.2) is 40.2 Å². The Bertz CT molecular complexity index is 930. The predicted molar refractivity (Wildman–Crippen MR) is 99.0 cm³/mol. The van der Waals surface area contributed by atoms with Gasteiger partial charge in [-0.25, -0.2) is 4.98 Å². The van der Waals surface area contributed by atoms with Gasteiger partial charge in [-0.1, -0.05) is 29.4 Å². The lowest BCUT2D eigenvalue weighted by Gasteiger charge is -2.12. The molecule has 0 aliphatic rings. The number of aryl methyl sites for hydroxylation is 1. The summed E-state index contributed by atoms with van der Waals surface area (Å²) < 4.78 is 4.94. The first-order valence-corrected chi connectivity index (χ1v) is 8.88. The summed E-state index contributed by atoms with van der Waals surface area (Å²) in [4.78, 5) is 27.6. The number of nitrogens with one attached hydrogen (secondary N) is 2. The van der Waals surface area contributed by atoms with Gasteiger partial charge in [0.2, 0.25) is 11.7 Å². The van der Waals surface area contributed by atoms with Crippen LogP contribution in [-0.4, -0.2) is 22.0 Å². The predicted octanol–water partition coefficient (Wildman–Crippen LogP) is 3.56. The highest BCUT2D eigenvalue weighted by atomic mass is 32.1. The van der Waals surface area contributed by atoms with Crippen LogP contribution in [0.25, 0.3) is 11.3 Å². The second kappa shape index (κ2) is 7.49. The average Bonchev–Trinajstić information content (AvgIpc) is 3.23. The van der Waals surface area contributed by atoms with Crippen molar-refractivity contribution in [3.05, 3.63) is 52.7 Å². The second-order valence-electron chi connectivity index (χ2n) is 5.87. The molecule has 0 aliphatic heterocycles. The number of anilines is 1. The van der Waals surface area contributed by atoms with Gasteiger partial charge in [0.05, 0.1) is 17.4 Å². The van der Waals surface area contributed by atoms with Crippen LogP contribution < -0.4 is 10.6 Å². The van der Waals surface area contributed by atoms with E-state index in [0.29, 0.717) is 10.8 Å². The minimum absolute atomic E-state index is 0.0582. The molecule has 3 aromatic rings. The lowest BCUT2D eigenvalue weighted by molar-refractivity contribution is -0.119. The molecule has 8 heteroatoms. The summed E-state index contributed by atoms with van der Waals surface area (Å²) in [6.07, 6.45) is 0. The van der Waals surface area contributed by atoms with Crippen LogP contribution in [0.1, 0.15) is 41.7 Å². The van der Waals surface area contributed by atoms with Crippen molar-refractivity contribution in [3.63, 3.8) is 0 Å². The van der Waals surface area contributed by atoms with Gasteiger partial charge in [0, 0.05) is 23.9 Å². The highest BCUT2D eigenvalue weighted by Crippen LogP contribution is 2.26. The first-order chi connectivity index (χ1) is 12.4. The first kappa shape index (κ1) is 17.8. The minimum atomic E-state index is -0.383. The molecule has 26 heavy (non-hydrogen) atoms. The average molecular weight is 370 g/mol. The number of hydrogen-bond donors (Lipinski definition) is 2. The molecular weight excluding hydrogens is 352 g/mol. The van der Waals surface area contributed by atoms with Crippen molar-refractivity contribution < 1.29 is 14.1 Å². The van der Waals surface area contributed by atoms with E-state index in [2.05, 4.69) is 20.8 Å². The minimum Gasteiger partial charge on any atom is -0.351 e. The number of amides is 2. The summed E-state index contributed by atoms with van der Waals surface area (Å²) in [5.74, 6) is -0.301. The van der Waals surface area contributed by atoms with Crippen LogP contribution in [0.5, 0.6) is 0 Å². The van der Waals surface area contributed by atoms with Gasteiger partial charge >= 0.3 is 0 Å². The van der Waals surface area contributed by atoms with Crippen molar-refractivity contribution in [2.24, 2.45) is 0 Å². The Labute approximate surface area is 154 Å². The van der Waals surface area contributed by atoms with Crippen LogP contribution in [0.4, 0.5) is 5.13 Å². The maximum Gasteiger partial charge on any atom is 0.296 e. The molecule has 7 nitrogen and oxygen atoms in total. The van der Waals surface area contributed by atoms with E-state index in [-0.39, 0.29) is 23.6 Å². The normalized spacial score (nSPS) is 11.8. The van der Waals surface area contributed by atoms with Gasteiger partial charge in [-0.15, -0.1) is 11.3 Å². The van der Waals surface area contributed by atoms with Crippen LogP contribution >= 0.6 is 11.3 Å². The van der Waals surface area contributed by atoms with E-state index in [0.717, 1.165) is 16.8 Å². The molecule has 0 spiro atoms. The van der Waals surface area contributed by atoms with Gasteiger partial charge < -0.3 is 9.84 Å². The number of benzene rings is 1. The van der Waals surface area contributed by atoms with Crippen molar-refractivity contribution in [2.75, 3.05) is 5.32 Å². The number of rotatable bonds is 5. The fourth-order valence-electron chi connectivity index (χ4n) is 2.42. The summed E-state index contributed by atoms with van der Waals surface area (Å²) in [6, 6.07) is 9.29. The standard InChI is InChI=1S/C18H18N4O3S/c1-10-8-16(25-22-10)17(24)21-18-20-15(9-26-18)14-6-4-13(5-7-14)11(2)19-12(3)23/h4-9,11H,1-3H3,(H,19,23)(H,20,21,24). The van der Waals surface area contributed by atoms with Gasteiger partial charge in [-0.05, 0) is 19.4 Å². The van der Waals surface area contributed by atoms with Gasteiger partial charge in [-0.3, -0.25) is 14.9 Å². The highest BCUT2D eigenvalue weighted by Gasteiger charge is 2.14. The van der Waals surface area contributed by atoms with Crippen molar-refractivity contribution in [3.8, 4) is 11.3 Å². The Morgan fingerprint density at radius 1 is 1.23 bits per heavy atom. The fourth-order valence-corrected chi connectivity index (χ4v) is 3.14. The van der Waals surface area contributed by atoms with Gasteiger partial charge in [0.25, 0.3) is 5.91 Å². The molecule has 2 heterocycles. The zero-order valence-electron chi connectivity index (χ0n) is 14.6. The van der Waals surface area contributed by atoms with Crippen molar-refractivity contribution >= 4 is 28.3 Å². The molecule has 3 rings (SSSR count). The molecule has 1 aromatic carbocycles. The largest absolute Gasteiger partial charge is 0.351 e. The van der Waals surface area contributed by atoms with Crippen LogP contribution in [0, 0.1) is 6.92 Å². The summed E-state index contributed by atoms with van der Waals surface area (Å²) in [6.45, 7) is 5.17. The first-order valence-electron chi connectivity index (χ1n) is 8.00. The monoisotopic (exact) mass is 370 g/mol. The van der Waals surface area contributed by atoms with E-state index < -0.39 is 0 Å². The highest BCUT2D eigenvalue weighted by molar-refractivity contribution is 7.14. The molecule has 2 aromatic heterocycles. The maximum absolute atomic E-state index is 12.1. The van der Waals surface area contributed by atoms with Gasteiger partial charge in [0.1, 0.15) is 0 Å². The number of aromatic nitrogens is 2. The van der Waals surface area contributed by atoms with Crippen molar-refractivity contribution in [2.45, 2.75) is 26.8 Å². The molecule has 0 saturated heterocycles. The van der Waals surface area contributed by atoms with Crippen LogP contribution in [-0.2, 0) is 4.79 Å². The third kappa shape index (κ3) is 4.15. The molecular formula is C18H18N4O3S. The summed E-state index contributed by atoms with van der Waals surface area (Å²) >= 11 is 1.33. The smallest absolute Gasteiger partial charge is 0.296 e. The Kier molecular flexibility index (Phi) is 5.13. The molecule has 1 atom stereocenters. The zero-order valence-corrected chi connectivity index (χ0v) is 15.4. The molecule has 0 bridgehead atoms. The van der Waals surface area contributed by atoms with E-state index in [4.69, 9.17) is 4.52 Å². The number of nitrogens with zero attached hydrogens (tertiary/aromatic N) is 2. The number of thiazole rings is 1. The topological polar surface area (TPSA) is 97.1 Å². The quantitative estimate of drug-likeness (QED) is 0.716. The molecule has 1 unspecified atom stereocenters. The van der Waals surface area contributed by atoms with E-state index in [1.807, 2.05) is 36.6 Å². The van der Waals surface area contributed by atoms with Crippen LogP contribution in [0.2, 0.25) is 0 Å². The van der Waals surface area contributed by atoms with Gasteiger partial charge in [-0.2, -0.15) is 0 Å². The SMILES string of the molecule is CC(=O)NC(C)c1ccc(-c2csc(NC(=O)c3cc(C)no3)n2)cc1. The molecule has 2 amide bonds. The molecule has 2 N–H and O–H groups in total. The third-order valence-corrected chi connectivity index (χ3v) is 4.46. The Balaban J connectivity index is 1.69. The molecule has 0 saturated carbocycles. The lowest BCUT2D eigenvalue weighted by Crippen LogP contribution is -2.23. The lowest BCUT2D eigenvalue weighted by atomic mass is 10.1. The zero-order chi connectivity index (χ0) is 18.7. The van der Waals surface area contributed by atoms with Crippen molar-refractivity contribution in [1.82, 2.24) is 15.5 Å². The summed E-state index contributed by atoms with van der Waals surface area (Å²) in [5, 5.41) is 11.6. The Morgan fingerprint density at radius 2 is 1.96 bits per heavy atom. The molecule has 0 radical (unpaired) electrons. The molecule has 0 aliphatic carbocycles. The summed E-state index contributed by atoms with van der Waals surface area (Å²) in [5.41, 5.74) is 3.34. The maximum atomic E-state index is 12.1. The van der Waals surface area contributed by atoms with E-state index in [9.17, 15) is 9.59 Å². The Morgan fingerprint density at radius 3 is 2.58 bits per heavy atom. The van der Waals surface area contributed by atoms with Crippen molar-refractivity contribution in [1.29, 1.82) is 0 Å². The summed E-state index contributed by atoms with van der Waals surface area (Å²) in [7, 11) is 0. The van der Waals surface area contributed by atoms with Crippen LogP contribution in [0.3, 0.4) is 0 Å². The molecule has 134 valence electrons. The number of carbonyl (C=O) groups excluding carboxylic acids is 2. The third-order valence-electron chi connectivity index (χ3n) is 3.70. The van der Waals surface area contributed by atoms with Gasteiger partial charge in [0.15, 0.2) is 5.13 Å². The molecule has 0 fully saturated rings. The fraction of sp³-hybridized carbons (Fsp3) is 0.222. The number of carbonyl (C=O) groups is 2. The van der Waals surface area contributed by atoms with E-state index >= 15 is 0 Å². The number of hydrogen-bond acceptors (Lipinski definition) is 6. The second-order valence-corrected chi connectivity index (χ2v) is 6.73. The van der Waals surface area contributed by atoms with E-state index in [1.165, 1.54) is 18.3 Å². The van der Waals surface area contributed by atoms with E-state index in [1.54, 1.807) is 13.0 Å².